The number of nitrogens with zero attached hydrogens (tertiary/aromatic N) is 6. The molecule has 0 radical (unpaired) electrons. The molecule has 12 heteroatoms. The van der Waals surface area contributed by atoms with Crippen LogP contribution in [-0.2, 0) is 11.2 Å². The summed E-state index contributed by atoms with van der Waals surface area (Å²) < 4.78 is 42.1. The predicted octanol–water partition coefficient (Wildman–Crippen LogP) is 5.31. The van der Waals surface area contributed by atoms with Crippen molar-refractivity contribution in [1.29, 1.82) is 0 Å². The minimum absolute atomic E-state index is 0.0590. The quantitative estimate of drug-likeness (QED) is 0.434. The zero-order valence-electron chi connectivity index (χ0n) is 24.7. The second-order valence-corrected chi connectivity index (χ2v) is 14.1. The number of pyridine rings is 1. The number of anilines is 1. The molecule has 7 heterocycles. The fourth-order valence-corrected chi connectivity index (χ4v) is 8.57. The van der Waals surface area contributed by atoms with Crippen LogP contribution >= 0.6 is 11.6 Å². The summed E-state index contributed by atoms with van der Waals surface area (Å²) in [6, 6.07) is -0.165. The van der Waals surface area contributed by atoms with Crippen LogP contribution in [0.5, 0.6) is 6.01 Å². The first-order valence-corrected chi connectivity index (χ1v) is 15.7. The van der Waals surface area contributed by atoms with Crippen LogP contribution in [0.4, 0.5) is 19.4 Å². The molecule has 42 heavy (non-hydrogen) atoms. The number of piperazine rings is 1. The molecule has 2 aromatic rings. The highest BCUT2D eigenvalue weighted by Gasteiger charge is 2.54. The smallest absolute Gasteiger partial charge is 0.410 e. The van der Waals surface area contributed by atoms with Crippen LogP contribution in [0.2, 0.25) is 5.15 Å². The predicted molar refractivity (Wildman–Crippen MR) is 154 cm³/mol. The number of ether oxygens (including phenoxy) is 2. The number of carbonyl (C=O) groups excluding carboxylic acids is 1. The Morgan fingerprint density at radius 3 is 2.76 bits per heavy atom. The summed E-state index contributed by atoms with van der Waals surface area (Å²) in [4.78, 5) is 33.7. The van der Waals surface area contributed by atoms with E-state index in [9.17, 15) is 9.18 Å². The Morgan fingerprint density at radius 2 is 2.00 bits per heavy atom. The van der Waals surface area contributed by atoms with Gasteiger partial charge in [0.2, 0.25) is 0 Å². The van der Waals surface area contributed by atoms with Gasteiger partial charge in [0.1, 0.15) is 29.7 Å². The molecule has 9 nitrogen and oxygen atoms in total. The highest BCUT2D eigenvalue weighted by atomic mass is 35.5. The second kappa shape index (κ2) is 10.0. The van der Waals surface area contributed by atoms with Gasteiger partial charge in [-0.15, -0.1) is 0 Å². The molecule has 0 aliphatic carbocycles. The molecule has 7 rings (SSSR count). The van der Waals surface area contributed by atoms with Gasteiger partial charge < -0.3 is 14.4 Å². The molecule has 2 aromatic heterocycles. The van der Waals surface area contributed by atoms with Gasteiger partial charge in [-0.05, 0) is 65.3 Å². The standard InChI is InChI=1S/C30H39ClF2N6O3/c1-5-16-11-19-21-23(22(33)25(31)34-19)35-27(41-15-30-9-6-10-37(30)13-17(32)12-30)36-26(21)38-14-18-7-8-20(24(16)38)39(18)28(40)42-29(2,3)4/h16-18,20,24H,5-15H2,1-4H3/t16-,17+,18+,20-,24-,30-/m0/s1. The van der Waals surface area contributed by atoms with E-state index in [0.717, 1.165) is 38.6 Å². The van der Waals surface area contributed by atoms with Crippen LogP contribution in [0.1, 0.15) is 71.9 Å². The summed E-state index contributed by atoms with van der Waals surface area (Å²) in [6.45, 7) is 9.81. The molecule has 0 spiro atoms. The van der Waals surface area contributed by atoms with Crippen LogP contribution in [-0.4, -0.2) is 92.5 Å². The SMILES string of the molecule is CC[C@H]1Cc2nc(Cl)c(F)c3nc(OC[C@@]45CCCN4C[C@H](F)C5)nc(c23)N2C[C@H]3CC[C@@H]([C@H]12)N3C(=O)OC(C)(C)C. The van der Waals surface area contributed by atoms with Gasteiger partial charge in [0.15, 0.2) is 11.0 Å². The van der Waals surface area contributed by atoms with Crippen molar-refractivity contribution in [3.8, 4) is 6.01 Å². The third-order valence-corrected chi connectivity index (χ3v) is 10.3. The summed E-state index contributed by atoms with van der Waals surface area (Å²) in [7, 11) is 0. The van der Waals surface area contributed by atoms with Gasteiger partial charge >= 0.3 is 12.1 Å². The normalized spacial score (nSPS) is 32.2. The molecule has 4 fully saturated rings. The van der Waals surface area contributed by atoms with Gasteiger partial charge in [-0.25, -0.2) is 18.6 Å². The lowest BCUT2D eigenvalue weighted by Gasteiger charge is -2.49. The van der Waals surface area contributed by atoms with E-state index < -0.39 is 17.6 Å². The van der Waals surface area contributed by atoms with E-state index in [0.29, 0.717) is 42.8 Å². The third-order valence-electron chi connectivity index (χ3n) is 10.1. The van der Waals surface area contributed by atoms with Gasteiger partial charge in [-0.2, -0.15) is 9.97 Å². The van der Waals surface area contributed by atoms with Gasteiger partial charge in [-0.1, -0.05) is 24.9 Å². The van der Waals surface area contributed by atoms with Crippen molar-refractivity contribution < 1.29 is 23.0 Å². The number of hydrogen-bond acceptors (Lipinski definition) is 8. The van der Waals surface area contributed by atoms with Gasteiger partial charge in [0, 0.05) is 19.5 Å². The Morgan fingerprint density at radius 1 is 1.19 bits per heavy atom. The first-order valence-electron chi connectivity index (χ1n) is 15.3. The summed E-state index contributed by atoms with van der Waals surface area (Å²) in [5, 5.41) is 0.331. The van der Waals surface area contributed by atoms with Crippen molar-refractivity contribution in [2.45, 2.75) is 108 Å². The first kappa shape index (κ1) is 28.3. The molecule has 0 aromatic carbocycles. The Labute approximate surface area is 249 Å². The molecule has 1 amide bonds. The molecule has 5 aliphatic heterocycles. The van der Waals surface area contributed by atoms with Crippen molar-refractivity contribution in [3.05, 3.63) is 16.7 Å². The third kappa shape index (κ3) is 4.48. The number of amides is 1. The minimum atomic E-state index is -0.885. The topological polar surface area (TPSA) is 83.9 Å². The maximum Gasteiger partial charge on any atom is 0.410 e. The molecular formula is C30H39ClF2N6O3. The van der Waals surface area contributed by atoms with E-state index in [-0.39, 0.29) is 59.0 Å². The fourth-order valence-electron chi connectivity index (χ4n) is 8.38. The molecule has 2 bridgehead atoms. The highest BCUT2D eigenvalue weighted by molar-refractivity contribution is 6.30. The van der Waals surface area contributed by atoms with Crippen molar-refractivity contribution in [3.63, 3.8) is 0 Å². The number of hydrogen-bond donors (Lipinski definition) is 0. The van der Waals surface area contributed by atoms with Crippen molar-refractivity contribution in [2.75, 3.05) is 31.1 Å². The molecule has 4 saturated heterocycles. The zero-order valence-corrected chi connectivity index (χ0v) is 25.5. The lowest BCUT2D eigenvalue weighted by molar-refractivity contribution is 0.00427. The largest absolute Gasteiger partial charge is 0.461 e. The summed E-state index contributed by atoms with van der Waals surface area (Å²) in [5.74, 6) is -0.0119. The van der Waals surface area contributed by atoms with Crippen LogP contribution in [0, 0.1) is 11.7 Å². The Bertz CT molecular complexity index is 1420. The minimum Gasteiger partial charge on any atom is -0.461 e. The van der Waals surface area contributed by atoms with Crippen LogP contribution in [0.15, 0.2) is 0 Å². The van der Waals surface area contributed by atoms with Crippen molar-refractivity contribution in [1.82, 2.24) is 24.8 Å². The van der Waals surface area contributed by atoms with Gasteiger partial charge in [0.05, 0.1) is 34.7 Å². The maximum atomic E-state index is 15.6. The highest BCUT2D eigenvalue weighted by Crippen LogP contribution is 2.47. The molecule has 6 atom stereocenters. The number of fused-ring (bicyclic) bond motifs is 6. The number of carbonyl (C=O) groups is 1. The summed E-state index contributed by atoms with van der Waals surface area (Å²) in [6.07, 6.45) is 4.16. The van der Waals surface area contributed by atoms with E-state index in [1.165, 1.54) is 0 Å². The molecule has 228 valence electrons. The van der Waals surface area contributed by atoms with Gasteiger partial charge in [-0.3, -0.25) is 9.80 Å². The lowest BCUT2D eigenvalue weighted by Crippen LogP contribution is -2.64. The van der Waals surface area contributed by atoms with Crippen LogP contribution in [0.25, 0.3) is 10.9 Å². The van der Waals surface area contributed by atoms with Crippen LogP contribution in [0.3, 0.4) is 0 Å². The Balaban J connectivity index is 1.30. The molecule has 0 unspecified atom stereocenters. The van der Waals surface area contributed by atoms with Crippen molar-refractivity contribution >= 4 is 34.4 Å². The van der Waals surface area contributed by atoms with E-state index in [2.05, 4.69) is 26.7 Å². The Kier molecular flexibility index (Phi) is 6.73. The molecule has 0 N–H and O–H groups in total. The van der Waals surface area contributed by atoms with Crippen molar-refractivity contribution in [2.24, 2.45) is 5.92 Å². The molecule has 0 saturated carbocycles. The number of rotatable bonds is 4. The van der Waals surface area contributed by atoms with Crippen LogP contribution < -0.4 is 9.64 Å². The van der Waals surface area contributed by atoms with E-state index in [4.69, 9.17) is 26.1 Å². The number of alkyl halides is 1. The average molecular weight is 605 g/mol. The van der Waals surface area contributed by atoms with E-state index in [1.54, 1.807) is 0 Å². The first-order chi connectivity index (χ1) is 20.0. The molecule has 5 aliphatic rings. The van der Waals surface area contributed by atoms with Gasteiger partial charge in [0.25, 0.3) is 0 Å². The average Bonchev–Trinajstić information content (AvgIpc) is 3.53. The number of aromatic nitrogens is 3. The Hall–Kier alpha value is -2.53. The summed E-state index contributed by atoms with van der Waals surface area (Å²) in [5.41, 5.74) is -0.232. The number of halogens is 3. The lowest BCUT2D eigenvalue weighted by atomic mass is 9.85. The fraction of sp³-hybridized carbons (Fsp3) is 0.733. The zero-order chi connectivity index (χ0) is 29.6. The maximum absolute atomic E-state index is 15.6. The van der Waals surface area contributed by atoms with E-state index >= 15 is 4.39 Å². The second-order valence-electron chi connectivity index (χ2n) is 13.8. The molecular weight excluding hydrogens is 566 g/mol. The van der Waals surface area contributed by atoms with E-state index in [1.807, 2.05) is 25.7 Å². The monoisotopic (exact) mass is 604 g/mol. The summed E-state index contributed by atoms with van der Waals surface area (Å²) >= 11 is 6.34.